The lowest BCUT2D eigenvalue weighted by Crippen LogP contribution is -2.31. The first-order valence-electron chi connectivity index (χ1n) is 10.2. The highest BCUT2D eigenvalue weighted by molar-refractivity contribution is 7.98. The molecule has 0 radical (unpaired) electrons. The molecule has 2 heterocycles. The number of halogens is 1. The van der Waals surface area contributed by atoms with Crippen LogP contribution in [0.2, 0.25) is 0 Å². The third-order valence-electron chi connectivity index (χ3n) is 5.17. The summed E-state index contributed by atoms with van der Waals surface area (Å²) in [4.78, 5) is 33.3. The number of thioether (sulfide) groups is 1. The van der Waals surface area contributed by atoms with Crippen LogP contribution in [-0.4, -0.2) is 22.5 Å². The van der Waals surface area contributed by atoms with Crippen molar-refractivity contribution in [2.75, 3.05) is 11.9 Å². The molecule has 6 nitrogen and oxygen atoms in total. The van der Waals surface area contributed by atoms with Gasteiger partial charge in [-0.2, -0.15) is 0 Å². The number of esters is 1. The van der Waals surface area contributed by atoms with Crippen molar-refractivity contribution in [2.24, 2.45) is 0 Å². The molecule has 1 unspecified atom stereocenters. The van der Waals surface area contributed by atoms with Crippen LogP contribution in [0.25, 0.3) is 0 Å². The van der Waals surface area contributed by atoms with Crippen LogP contribution in [0.1, 0.15) is 36.5 Å². The van der Waals surface area contributed by atoms with Crippen LogP contribution in [0.3, 0.4) is 0 Å². The van der Waals surface area contributed by atoms with E-state index < -0.39 is 11.9 Å². The van der Waals surface area contributed by atoms with Crippen molar-refractivity contribution in [3.8, 4) is 0 Å². The Morgan fingerprint density at radius 1 is 1.16 bits per heavy atom. The predicted octanol–water partition coefficient (Wildman–Crippen LogP) is 4.60. The van der Waals surface area contributed by atoms with Gasteiger partial charge in [-0.1, -0.05) is 60.3 Å². The molecule has 164 valence electrons. The zero-order chi connectivity index (χ0) is 22.7. The maximum absolute atomic E-state index is 13.9. The van der Waals surface area contributed by atoms with Crippen molar-refractivity contribution in [3.63, 3.8) is 0 Å². The third kappa shape index (κ3) is 4.31. The van der Waals surface area contributed by atoms with Gasteiger partial charge in [-0.05, 0) is 31.0 Å². The highest BCUT2D eigenvalue weighted by Gasteiger charge is 2.36. The number of nitrogens with zero attached hydrogens (tertiary/aromatic N) is 1. The van der Waals surface area contributed by atoms with E-state index in [0.717, 1.165) is 5.56 Å². The van der Waals surface area contributed by atoms with Crippen LogP contribution in [0.5, 0.6) is 0 Å². The molecule has 1 aliphatic rings. The van der Waals surface area contributed by atoms with Gasteiger partial charge >= 0.3 is 5.97 Å². The number of hydrogen-bond acceptors (Lipinski definition) is 6. The number of nitrogens with one attached hydrogen (secondary N) is 2. The molecule has 3 aromatic rings. The standard InChI is InChI=1S/C24H22FN3O3S/c1-3-31-23(30)18-14(2)26-21-20(19(18)15-9-5-4-6-10-15)22(29)28-24(27-21)32-13-16-11-7-8-12-17(16)25/h4-12,19H,3,13H2,1-2H3,(H2,26,27,28,29). The van der Waals surface area contributed by atoms with Crippen LogP contribution >= 0.6 is 11.8 Å². The third-order valence-corrected chi connectivity index (χ3v) is 6.09. The van der Waals surface area contributed by atoms with E-state index in [1.165, 1.54) is 17.8 Å². The Bertz CT molecular complexity index is 1240. The van der Waals surface area contributed by atoms with Gasteiger partial charge in [-0.25, -0.2) is 14.2 Å². The first kappa shape index (κ1) is 21.8. The SMILES string of the molecule is CCOC(=O)C1=C(C)Nc2nc(SCc3ccccc3F)[nH]c(=O)c2C1c1ccccc1. The Morgan fingerprint density at radius 3 is 2.59 bits per heavy atom. The summed E-state index contributed by atoms with van der Waals surface area (Å²) in [5.41, 5.74) is 2.25. The molecule has 4 rings (SSSR count). The molecule has 1 aromatic heterocycles. The molecule has 2 aromatic carbocycles. The Hall–Kier alpha value is -3.39. The molecule has 0 fully saturated rings. The Kier molecular flexibility index (Phi) is 6.41. The fourth-order valence-corrected chi connectivity index (χ4v) is 4.57. The summed E-state index contributed by atoms with van der Waals surface area (Å²) in [6.45, 7) is 3.73. The van der Waals surface area contributed by atoms with Crippen LogP contribution < -0.4 is 10.9 Å². The average molecular weight is 452 g/mol. The second-order valence-electron chi connectivity index (χ2n) is 7.24. The van der Waals surface area contributed by atoms with Gasteiger partial charge < -0.3 is 15.0 Å². The maximum Gasteiger partial charge on any atom is 0.336 e. The van der Waals surface area contributed by atoms with E-state index >= 15 is 0 Å². The Morgan fingerprint density at radius 2 is 1.88 bits per heavy atom. The highest BCUT2D eigenvalue weighted by Crippen LogP contribution is 2.40. The van der Waals surface area contributed by atoms with Crippen LogP contribution in [0.4, 0.5) is 10.2 Å². The number of benzene rings is 2. The van der Waals surface area contributed by atoms with Gasteiger partial charge in [0.1, 0.15) is 11.6 Å². The van der Waals surface area contributed by atoms with E-state index in [1.807, 2.05) is 30.3 Å². The van der Waals surface area contributed by atoms with Crippen LogP contribution in [-0.2, 0) is 15.3 Å². The fourth-order valence-electron chi connectivity index (χ4n) is 3.72. The molecule has 0 aliphatic carbocycles. The Balaban J connectivity index is 1.75. The number of rotatable bonds is 6. The van der Waals surface area contributed by atoms with Crippen molar-refractivity contribution in [1.82, 2.24) is 9.97 Å². The first-order valence-corrected chi connectivity index (χ1v) is 11.2. The smallest absolute Gasteiger partial charge is 0.336 e. The molecule has 0 spiro atoms. The molecular weight excluding hydrogens is 429 g/mol. The van der Waals surface area contributed by atoms with Gasteiger partial charge in [0.2, 0.25) is 0 Å². The maximum atomic E-state index is 13.9. The average Bonchev–Trinajstić information content (AvgIpc) is 2.78. The van der Waals surface area contributed by atoms with E-state index in [1.54, 1.807) is 32.0 Å². The van der Waals surface area contributed by atoms with Crippen LogP contribution in [0, 0.1) is 5.82 Å². The number of aromatic nitrogens is 2. The predicted molar refractivity (Wildman–Crippen MR) is 122 cm³/mol. The number of hydrogen-bond donors (Lipinski definition) is 2. The summed E-state index contributed by atoms with van der Waals surface area (Å²) in [6.07, 6.45) is 0. The van der Waals surface area contributed by atoms with Gasteiger partial charge in [0.15, 0.2) is 5.16 Å². The minimum Gasteiger partial charge on any atom is -0.463 e. The van der Waals surface area contributed by atoms with Crippen molar-refractivity contribution < 1.29 is 13.9 Å². The molecular formula is C24H22FN3O3S. The van der Waals surface area contributed by atoms with E-state index in [9.17, 15) is 14.0 Å². The van der Waals surface area contributed by atoms with Gasteiger partial charge in [-0.3, -0.25) is 4.79 Å². The highest BCUT2D eigenvalue weighted by atomic mass is 32.2. The topological polar surface area (TPSA) is 84.1 Å². The van der Waals surface area contributed by atoms with Crippen molar-refractivity contribution in [2.45, 2.75) is 30.7 Å². The second-order valence-corrected chi connectivity index (χ2v) is 8.21. The summed E-state index contributed by atoms with van der Waals surface area (Å²) >= 11 is 1.23. The number of carbonyl (C=O) groups excluding carboxylic acids is 1. The molecule has 1 aliphatic heterocycles. The zero-order valence-corrected chi connectivity index (χ0v) is 18.5. The van der Waals surface area contributed by atoms with E-state index in [2.05, 4.69) is 15.3 Å². The normalized spacial score (nSPS) is 15.2. The lowest BCUT2D eigenvalue weighted by Gasteiger charge is -2.28. The van der Waals surface area contributed by atoms with E-state index in [0.29, 0.717) is 39.1 Å². The zero-order valence-electron chi connectivity index (χ0n) is 17.6. The number of ether oxygens (including phenoxy) is 1. The minimum atomic E-state index is -0.617. The molecule has 0 saturated heterocycles. The number of anilines is 1. The lowest BCUT2D eigenvalue weighted by molar-refractivity contribution is -0.138. The summed E-state index contributed by atoms with van der Waals surface area (Å²) in [6, 6.07) is 15.8. The molecule has 0 bridgehead atoms. The van der Waals surface area contributed by atoms with E-state index in [4.69, 9.17) is 4.74 Å². The number of aromatic amines is 1. The molecule has 32 heavy (non-hydrogen) atoms. The van der Waals surface area contributed by atoms with Crippen molar-refractivity contribution in [1.29, 1.82) is 0 Å². The quantitative estimate of drug-likeness (QED) is 0.324. The molecule has 8 heteroatoms. The molecule has 2 N–H and O–H groups in total. The van der Waals surface area contributed by atoms with Crippen LogP contribution in [0.15, 0.2) is 75.8 Å². The number of fused-ring (bicyclic) bond motifs is 1. The van der Waals surface area contributed by atoms with Crippen molar-refractivity contribution >= 4 is 23.5 Å². The summed E-state index contributed by atoms with van der Waals surface area (Å²) in [5, 5.41) is 3.46. The second kappa shape index (κ2) is 9.40. The first-order chi connectivity index (χ1) is 15.5. The lowest BCUT2D eigenvalue weighted by atomic mass is 9.82. The number of H-pyrrole nitrogens is 1. The van der Waals surface area contributed by atoms with Gasteiger partial charge in [0, 0.05) is 11.4 Å². The van der Waals surface area contributed by atoms with E-state index in [-0.39, 0.29) is 18.0 Å². The van der Waals surface area contributed by atoms with Crippen molar-refractivity contribution in [3.05, 3.63) is 98.7 Å². The largest absolute Gasteiger partial charge is 0.463 e. The fraction of sp³-hybridized carbons (Fsp3) is 0.208. The monoisotopic (exact) mass is 451 g/mol. The van der Waals surface area contributed by atoms with Gasteiger partial charge in [-0.15, -0.1) is 0 Å². The summed E-state index contributed by atoms with van der Waals surface area (Å²) < 4.78 is 19.2. The number of carbonyl (C=O) groups is 1. The Labute approximate surface area is 188 Å². The molecule has 0 saturated carbocycles. The summed E-state index contributed by atoms with van der Waals surface area (Å²) in [5.74, 6) is -0.702. The summed E-state index contributed by atoms with van der Waals surface area (Å²) in [7, 11) is 0. The van der Waals surface area contributed by atoms with Gasteiger partial charge in [0.05, 0.1) is 23.7 Å². The number of allylic oxidation sites excluding steroid dienone is 1. The van der Waals surface area contributed by atoms with Gasteiger partial charge in [0.25, 0.3) is 5.56 Å². The minimum absolute atomic E-state index is 0.226. The molecule has 0 amide bonds. The molecule has 1 atom stereocenters.